The summed E-state index contributed by atoms with van der Waals surface area (Å²) in [5, 5.41) is 19.1. The van der Waals surface area contributed by atoms with E-state index in [1.165, 1.54) is 6.07 Å². The highest BCUT2D eigenvalue weighted by Crippen LogP contribution is 2.31. The molecule has 9 heteroatoms. The third-order valence-corrected chi connectivity index (χ3v) is 5.04. The minimum atomic E-state index is -0.404. The Hall–Kier alpha value is -3.75. The number of carbonyl (C=O) groups is 1. The minimum Gasteiger partial charge on any atom is -0.342 e. The lowest BCUT2D eigenvalue weighted by Gasteiger charge is -2.06. The molecule has 5 rings (SSSR count). The predicted molar refractivity (Wildman–Crippen MR) is 103 cm³/mol. The number of nitrogens with zero attached hydrogens (tertiary/aromatic N) is 5. The Morgan fingerprint density at radius 3 is 2.79 bits per heavy atom. The van der Waals surface area contributed by atoms with Gasteiger partial charge in [0.1, 0.15) is 0 Å². The third-order valence-electron chi connectivity index (χ3n) is 5.04. The van der Waals surface area contributed by atoms with Crippen LogP contribution in [0.2, 0.25) is 0 Å². The molecule has 3 heterocycles. The van der Waals surface area contributed by atoms with E-state index >= 15 is 0 Å². The highest BCUT2D eigenvalue weighted by Gasteiger charge is 2.30. The largest absolute Gasteiger partial charge is 0.342 e. The number of rotatable bonds is 4. The summed E-state index contributed by atoms with van der Waals surface area (Å²) in [4.78, 5) is 27.1. The van der Waals surface area contributed by atoms with Gasteiger partial charge in [-0.05, 0) is 37.1 Å². The number of hydrogen-bond acceptors (Lipinski definition) is 5. The van der Waals surface area contributed by atoms with Crippen molar-refractivity contribution in [2.45, 2.75) is 12.8 Å². The Labute approximate surface area is 158 Å². The number of amides is 1. The predicted octanol–water partition coefficient (Wildman–Crippen LogP) is 3.14. The fourth-order valence-electron chi connectivity index (χ4n) is 3.41. The fraction of sp³-hybridized carbons (Fsp3) is 0.211. The number of nitrogens with one attached hydrogen (secondary N) is 1. The van der Waals surface area contributed by atoms with Gasteiger partial charge in [0.25, 0.3) is 5.69 Å². The Morgan fingerprint density at radius 2 is 2.04 bits per heavy atom. The van der Waals surface area contributed by atoms with Gasteiger partial charge in [-0.2, -0.15) is 4.98 Å². The average Bonchev–Trinajstić information content (AvgIpc) is 3.37. The lowest BCUT2D eigenvalue weighted by molar-refractivity contribution is -0.384. The second-order valence-electron chi connectivity index (χ2n) is 6.97. The lowest BCUT2D eigenvalue weighted by Crippen LogP contribution is -2.14. The molecular formula is C19H16N6O3. The Balaban J connectivity index is 1.62. The second-order valence-corrected chi connectivity index (χ2v) is 6.97. The molecule has 4 aromatic rings. The van der Waals surface area contributed by atoms with Crippen LogP contribution in [0.5, 0.6) is 0 Å². The first-order chi connectivity index (χ1) is 13.5. The standard InChI is InChI=1S/C19H16N6O3/c1-23-14-8-7-13(25(27)28)9-12(14)10-16(23)15-3-2-4-17-20-19(22-24(15)17)21-18(26)11-5-6-11/h2-4,7-11H,5-6H2,1H3,(H,21,22,26). The van der Waals surface area contributed by atoms with Crippen LogP contribution < -0.4 is 5.32 Å². The van der Waals surface area contributed by atoms with Gasteiger partial charge < -0.3 is 4.57 Å². The van der Waals surface area contributed by atoms with E-state index in [9.17, 15) is 14.9 Å². The van der Waals surface area contributed by atoms with Crippen LogP contribution in [0.25, 0.3) is 27.9 Å². The first-order valence-corrected chi connectivity index (χ1v) is 8.92. The van der Waals surface area contributed by atoms with E-state index in [4.69, 9.17) is 0 Å². The molecule has 0 radical (unpaired) electrons. The Morgan fingerprint density at radius 1 is 1.21 bits per heavy atom. The van der Waals surface area contributed by atoms with Gasteiger partial charge in [-0.3, -0.25) is 20.2 Å². The van der Waals surface area contributed by atoms with E-state index in [0.717, 1.165) is 35.1 Å². The molecule has 0 spiro atoms. The number of fused-ring (bicyclic) bond motifs is 2. The molecule has 1 aromatic carbocycles. The molecule has 0 saturated heterocycles. The summed E-state index contributed by atoms with van der Waals surface area (Å²) in [5.41, 5.74) is 3.15. The molecule has 1 saturated carbocycles. The van der Waals surface area contributed by atoms with Crippen LogP contribution in [0.15, 0.2) is 42.5 Å². The molecule has 1 amide bonds. The summed E-state index contributed by atoms with van der Waals surface area (Å²) in [6.45, 7) is 0. The topological polar surface area (TPSA) is 107 Å². The maximum absolute atomic E-state index is 12.0. The summed E-state index contributed by atoms with van der Waals surface area (Å²) in [6, 6.07) is 12.3. The smallest absolute Gasteiger partial charge is 0.270 e. The quantitative estimate of drug-likeness (QED) is 0.435. The molecular weight excluding hydrogens is 360 g/mol. The number of carbonyl (C=O) groups excluding carboxylic acids is 1. The molecule has 9 nitrogen and oxygen atoms in total. The van der Waals surface area contributed by atoms with E-state index < -0.39 is 4.92 Å². The van der Waals surface area contributed by atoms with Crippen molar-refractivity contribution in [3.8, 4) is 11.4 Å². The van der Waals surface area contributed by atoms with E-state index in [2.05, 4.69) is 15.4 Å². The van der Waals surface area contributed by atoms with Crippen molar-refractivity contribution in [1.29, 1.82) is 0 Å². The maximum atomic E-state index is 12.0. The molecule has 1 N–H and O–H groups in total. The Bertz CT molecular complexity index is 1270. The van der Waals surface area contributed by atoms with Crippen LogP contribution in [0.1, 0.15) is 12.8 Å². The molecule has 1 aliphatic carbocycles. The van der Waals surface area contributed by atoms with Crippen LogP contribution in [0.3, 0.4) is 0 Å². The van der Waals surface area contributed by atoms with Gasteiger partial charge in [0.2, 0.25) is 11.9 Å². The van der Waals surface area contributed by atoms with Crippen LogP contribution in [-0.2, 0) is 11.8 Å². The number of nitro benzene ring substituents is 1. The van der Waals surface area contributed by atoms with Crippen molar-refractivity contribution in [2.24, 2.45) is 13.0 Å². The highest BCUT2D eigenvalue weighted by molar-refractivity contribution is 5.93. The zero-order valence-corrected chi connectivity index (χ0v) is 15.0. The van der Waals surface area contributed by atoms with Crippen molar-refractivity contribution in [3.05, 3.63) is 52.6 Å². The van der Waals surface area contributed by atoms with Crippen LogP contribution in [-0.4, -0.2) is 30.0 Å². The maximum Gasteiger partial charge on any atom is 0.270 e. The monoisotopic (exact) mass is 376 g/mol. The lowest BCUT2D eigenvalue weighted by atomic mass is 10.2. The van der Waals surface area contributed by atoms with Gasteiger partial charge in [-0.15, -0.1) is 5.10 Å². The zero-order chi connectivity index (χ0) is 19.4. The number of pyridine rings is 1. The summed E-state index contributed by atoms with van der Waals surface area (Å²) in [6.07, 6.45) is 1.82. The van der Waals surface area contributed by atoms with E-state index in [1.807, 2.05) is 35.9 Å². The SMILES string of the molecule is Cn1c(-c2cccc3nc(NC(=O)C4CC4)nn23)cc2cc([N+](=O)[O-])ccc21. The van der Waals surface area contributed by atoms with E-state index in [0.29, 0.717) is 5.65 Å². The number of non-ortho nitro benzene ring substituents is 1. The molecule has 1 aliphatic rings. The molecule has 0 unspecified atom stereocenters. The minimum absolute atomic E-state index is 0.0469. The summed E-state index contributed by atoms with van der Waals surface area (Å²) in [7, 11) is 1.90. The first-order valence-electron chi connectivity index (χ1n) is 8.92. The van der Waals surface area contributed by atoms with Gasteiger partial charge in [0.15, 0.2) is 5.65 Å². The molecule has 1 fully saturated rings. The van der Waals surface area contributed by atoms with Crippen molar-refractivity contribution in [2.75, 3.05) is 5.32 Å². The van der Waals surface area contributed by atoms with Gasteiger partial charge in [0.05, 0.1) is 16.3 Å². The van der Waals surface area contributed by atoms with Crippen molar-refractivity contribution in [3.63, 3.8) is 0 Å². The normalized spacial score (nSPS) is 13.9. The molecule has 28 heavy (non-hydrogen) atoms. The van der Waals surface area contributed by atoms with Crippen LogP contribution >= 0.6 is 0 Å². The number of hydrogen-bond donors (Lipinski definition) is 1. The van der Waals surface area contributed by atoms with Crippen molar-refractivity contribution in [1.82, 2.24) is 19.2 Å². The molecule has 140 valence electrons. The fourth-order valence-corrected chi connectivity index (χ4v) is 3.41. The third kappa shape index (κ3) is 2.59. The number of aromatic nitrogens is 4. The van der Waals surface area contributed by atoms with Crippen LogP contribution in [0.4, 0.5) is 11.6 Å². The number of nitro groups is 1. The summed E-state index contributed by atoms with van der Waals surface area (Å²) < 4.78 is 3.63. The van der Waals surface area contributed by atoms with Crippen molar-refractivity contribution < 1.29 is 9.72 Å². The number of benzene rings is 1. The number of anilines is 1. The summed E-state index contributed by atoms with van der Waals surface area (Å²) in [5.74, 6) is 0.299. The number of aryl methyl sites for hydroxylation is 1. The average molecular weight is 376 g/mol. The first kappa shape index (κ1) is 16.4. The molecule has 0 aliphatic heterocycles. The molecule has 0 bridgehead atoms. The summed E-state index contributed by atoms with van der Waals surface area (Å²) >= 11 is 0. The molecule has 0 atom stereocenters. The van der Waals surface area contributed by atoms with Crippen molar-refractivity contribution >= 4 is 34.1 Å². The van der Waals surface area contributed by atoms with Gasteiger partial charge in [-0.1, -0.05) is 6.07 Å². The van der Waals surface area contributed by atoms with E-state index in [1.54, 1.807) is 16.6 Å². The second kappa shape index (κ2) is 5.88. The Kier molecular flexibility index (Phi) is 3.45. The van der Waals surface area contributed by atoms with E-state index in [-0.39, 0.29) is 23.5 Å². The van der Waals surface area contributed by atoms with Gasteiger partial charge >= 0.3 is 0 Å². The van der Waals surface area contributed by atoms with Gasteiger partial charge in [0, 0.05) is 36.0 Å². The highest BCUT2D eigenvalue weighted by atomic mass is 16.6. The zero-order valence-electron chi connectivity index (χ0n) is 15.0. The van der Waals surface area contributed by atoms with Crippen LogP contribution in [0, 0.1) is 16.0 Å². The molecule has 3 aromatic heterocycles. The van der Waals surface area contributed by atoms with Gasteiger partial charge in [-0.25, -0.2) is 4.52 Å².